The van der Waals surface area contributed by atoms with Crippen LogP contribution in [0, 0.1) is 5.82 Å². The van der Waals surface area contributed by atoms with Gasteiger partial charge in [-0.2, -0.15) is 0 Å². The Morgan fingerprint density at radius 3 is 2.37 bits per heavy atom. The highest BCUT2D eigenvalue weighted by Crippen LogP contribution is 2.32. The van der Waals surface area contributed by atoms with E-state index in [0.717, 1.165) is 31.2 Å². The molecule has 1 aliphatic rings. The number of methoxy groups -OCH3 is 1. The van der Waals surface area contributed by atoms with Gasteiger partial charge >= 0.3 is 0 Å². The molecule has 0 atom stereocenters. The van der Waals surface area contributed by atoms with Crippen molar-refractivity contribution in [2.45, 2.75) is 42.7 Å². The lowest BCUT2D eigenvalue weighted by Crippen LogP contribution is -2.36. The number of nitrogens with zero attached hydrogens (tertiary/aromatic N) is 3. The molecule has 11 heteroatoms. The van der Waals surface area contributed by atoms with E-state index < -0.39 is 15.8 Å². The van der Waals surface area contributed by atoms with Gasteiger partial charge in [-0.1, -0.05) is 35.9 Å². The number of rotatable bonds is 9. The molecule has 2 aromatic carbocycles. The van der Waals surface area contributed by atoms with Crippen molar-refractivity contribution >= 4 is 45.4 Å². The number of benzene rings is 2. The van der Waals surface area contributed by atoms with Crippen molar-refractivity contribution in [1.29, 1.82) is 0 Å². The second-order valence-corrected chi connectivity index (χ2v) is 11.4. The molecule has 1 heterocycles. The fourth-order valence-electron chi connectivity index (χ4n) is 4.45. The van der Waals surface area contributed by atoms with E-state index in [2.05, 4.69) is 39.0 Å². The van der Waals surface area contributed by atoms with Gasteiger partial charge in [-0.05, 0) is 64.0 Å². The Kier molecular flexibility index (Phi) is 8.86. The first kappa shape index (κ1) is 27.8. The van der Waals surface area contributed by atoms with Crippen molar-refractivity contribution < 1.29 is 17.5 Å². The Hall–Kier alpha value is -3.21. The van der Waals surface area contributed by atoms with Crippen molar-refractivity contribution in [3.63, 3.8) is 0 Å². The first-order valence-corrected chi connectivity index (χ1v) is 14.1. The van der Waals surface area contributed by atoms with Crippen molar-refractivity contribution in [3.8, 4) is 5.75 Å². The maximum absolute atomic E-state index is 15.2. The Bertz CT molecular complexity index is 1390. The zero-order valence-electron chi connectivity index (χ0n) is 21.5. The van der Waals surface area contributed by atoms with E-state index in [1.165, 1.54) is 31.4 Å². The van der Waals surface area contributed by atoms with E-state index in [0.29, 0.717) is 23.6 Å². The minimum absolute atomic E-state index is 0.0343. The van der Waals surface area contributed by atoms with Gasteiger partial charge in [-0.3, -0.25) is 4.72 Å². The van der Waals surface area contributed by atoms with E-state index in [-0.39, 0.29) is 21.4 Å². The third-order valence-electron chi connectivity index (χ3n) is 6.59. The number of ether oxygens (including phenoxy) is 1. The molecule has 38 heavy (non-hydrogen) atoms. The van der Waals surface area contributed by atoms with Crippen LogP contribution in [0.1, 0.15) is 36.8 Å². The standard InChI is InChI=1S/C27H31ClFN5O3S/c1-34(2)21-13-11-20(12-14-21)32-27-30-16-18(17-31-27)8-9-19-10-15-23(25(29)26(19)37-3)33-38(35,36)24-7-5-4-6-22(24)28/h4-10,15-17,20-21,33H,11-14H2,1-3H3,(H,30,31,32)/b9-8+. The summed E-state index contributed by atoms with van der Waals surface area (Å²) >= 11 is 6.01. The molecule has 0 unspecified atom stereocenters. The van der Waals surface area contributed by atoms with E-state index >= 15 is 4.39 Å². The van der Waals surface area contributed by atoms with Crippen LogP contribution in [-0.4, -0.2) is 56.6 Å². The van der Waals surface area contributed by atoms with Crippen LogP contribution in [0.3, 0.4) is 0 Å². The summed E-state index contributed by atoms with van der Waals surface area (Å²) in [4.78, 5) is 11.0. The molecule has 0 bridgehead atoms. The maximum Gasteiger partial charge on any atom is 0.263 e. The average molecular weight is 560 g/mol. The van der Waals surface area contributed by atoms with Gasteiger partial charge in [0.2, 0.25) is 5.95 Å². The third-order valence-corrected chi connectivity index (χ3v) is 8.45. The van der Waals surface area contributed by atoms with Crippen LogP contribution in [0.15, 0.2) is 53.7 Å². The number of nitrogens with one attached hydrogen (secondary N) is 2. The Balaban J connectivity index is 1.44. The van der Waals surface area contributed by atoms with Crippen LogP contribution in [0.2, 0.25) is 5.02 Å². The highest BCUT2D eigenvalue weighted by Gasteiger charge is 2.23. The lowest BCUT2D eigenvalue weighted by molar-refractivity contribution is 0.221. The topological polar surface area (TPSA) is 96.4 Å². The van der Waals surface area contributed by atoms with Gasteiger partial charge in [-0.25, -0.2) is 22.8 Å². The predicted molar refractivity (Wildman–Crippen MR) is 150 cm³/mol. The van der Waals surface area contributed by atoms with Gasteiger partial charge in [0.15, 0.2) is 11.6 Å². The molecule has 4 rings (SSSR count). The van der Waals surface area contributed by atoms with Crippen LogP contribution in [-0.2, 0) is 10.0 Å². The molecular weight excluding hydrogens is 529 g/mol. The molecule has 8 nitrogen and oxygen atoms in total. The quantitative estimate of drug-likeness (QED) is 0.355. The van der Waals surface area contributed by atoms with E-state index in [9.17, 15) is 8.42 Å². The molecule has 3 aromatic rings. The number of aromatic nitrogens is 2. The van der Waals surface area contributed by atoms with Crippen molar-refractivity contribution in [3.05, 3.63) is 70.8 Å². The second kappa shape index (κ2) is 12.1. The fourth-order valence-corrected chi connectivity index (χ4v) is 6.03. The van der Waals surface area contributed by atoms with Gasteiger partial charge in [0.05, 0.1) is 17.8 Å². The maximum atomic E-state index is 15.2. The lowest BCUT2D eigenvalue weighted by atomic mass is 9.91. The van der Waals surface area contributed by atoms with Gasteiger partial charge in [0, 0.05) is 35.6 Å². The fraction of sp³-hybridized carbons (Fsp3) is 0.333. The molecule has 0 saturated heterocycles. The average Bonchev–Trinajstić information content (AvgIpc) is 2.90. The van der Waals surface area contributed by atoms with Crippen LogP contribution >= 0.6 is 11.6 Å². The SMILES string of the molecule is COc1c(/C=C/c2cnc(NC3CCC(N(C)C)CC3)nc2)ccc(NS(=O)(=O)c2ccccc2Cl)c1F. The molecule has 1 fully saturated rings. The minimum atomic E-state index is -4.10. The van der Waals surface area contributed by atoms with E-state index in [1.807, 2.05) is 0 Å². The van der Waals surface area contributed by atoms with E-state index in [4.69, 9.17) is 16.3 Å². The molecular formula is C27H31ClFN5O3S. The zero-order valence-corrected chi connectivity index (χ0v) is 23.1. The van der Waals surface area contributed by atoms with Gasteiger partial charge in [-0.15, -0.1) is 0 Å². The summed E-state index contributed by atoms with van der Waals surface area (Å²) in [5.74, 6) is -0.368. The molecule has 2 N–H and O–H groups in total. The van der Waals surface area contributed by atoms with Gasteiger partial charge in [0.25, 0.3) is 10.0 Å². The summed E-state index contributed by atoms with van der Waals surface area (Å²) in [6.07, 6.45) is 11.2. The number of sulfonamides is 1. The Morgan fingerprint density at radius 2 is 1.74 bits per heavy atom. The normalized spacial score (nSPS) is 18.1. The first-order chi connectivity index (χ1) is 18.2. The van der Waals surface area contributed by atoms with Crippen LogP contribution in [0.5, 0.6) is 5.75 Å². The number of hydrogen-bond acceptors (Lipinski definition) is 7. The van der Waals surface area contributed by atoms with Crippen LogP contribution in [0.4, 0.5) is 16.0 Å². The van der Waals surface area contributed by atoms with Crippen molar-refractivity contribution in [2.75, 3.05) is 31.2 Å². The first-order valence-electron chi connectivity index (χ1n) is 12.2. The molecule has 202 valence electrons. The summed E-state index contributed by atoms with van der Waals surface area (Å²) in [6, 6.07) is 9.81. The summed E-state index contributed by atoms with van der Waals surface area (Å²) in [6.45, 7) is 0. The highest BCUT2D eigenvalue weighted by atomic mass is 35.5. The van der Waals surface area contributed by atoms with Crippen molar-refractivity contribution in [2.24, 2.45) is 0 Å². The third kappa shape index (κ3) is 6.61. The predicted octanol–water partition coefficient (Wildman–Crippen LogP) is 5.53. The van der Waals surface area contributed by atoms with E-state index in [1.54, 1.807) is 36.7 Å². The summed E-state index contributed by atoms with van der Waals surface area (Å²) in [7, 11) is 1.46. The molecule has 0 aliphatic heterocycles. The minimum Gasteiger partial charge on any atom is -0.493 e. The molecule has 0 radical (unpaired) electrons. The highest BCUT2D eigenvalue weighted by molar-refractivity contribution is 7.92. The summed E-state index contributed by atoms with van der Waals surface area (Å²) in [5.41, 5.74) is 0.890. The number of hydrogen-bond donors (Lipinski definition) is 2. The van der Waals surface area contributed by atoms with Crippen molar-refractivity contribution in [1.82, 2.24) is 14.9 Å². The van der Waals surface area contributed by atoms with Gasteiger partial charge < -0.3 is 15.0 Å². The molecule has 1 aromatic heterocycles. The molecule has 0 spiro atoms. The second-order valence-electron chi connectivity index (χ2n) is 9.37. The van der Waals surface area contributed by atoms with Crippen LogP contribution < -0.4 is 14.8 Å². The Morgan fingerprint density at radius 1 is 1.05 bits per heavy atom. The number of halogens is 2. The zero-order chi connectivity index (χ0) is 27.3. The Labute approximate surface area is 228 Å². The molecule has 1 saturated carbocycles. The monoisotopic (exact) mass is 559 g/mol. The van der Waals surface area contributed by atoms with Crippen LogP contribution in [0.25, 0.3) is 12.2 Å². The smallest absolute Gasteiger partial charge is 0.263 e. The summed E-state index contributed by atoms with van der Waals surface area (Å²) < 4.78 is 48.1. The summed E-state index contributed by atoms with van der Waals surface area (Å²) in [5, 5.41) is 3.44. The molecule has 1 aliphatic carbocycles. The number of anilines is 2. The lowest BCUT2D eigenvalue weighted by Gasteiger charge is -2.32. The van der Waals surface area contributed by atoms with Gasteiger partial charge in [0.1, 0.15) is 4.90 Å². The molecule has 0 amide bonds. The largest absolute Gasteiger partial charge is 0.493 e.